The lowest BCUT2D eigenvalue weighted by Crippen LogP contribution is -2.26. The number of rotatable bonds is 7. The SMILES string of the molecule is Cl.NC(CC(=O)O)Cc1cn(-c2ccc(Oc3ncc(Cl)cc3F)cc2)nn1. The first-order valence-corrected chi connectivity index (χ1v) is 8.26. The number of carbonyl (C=O) groups is 1. The van der Waals surface area contributed by atoms with E-state index >= 15 is 0 Å². The summed E-state index contributed by atoms with van der Waals surface area (Å²) < 4.78 is 20.6. The van der Waals surface area contributed by atoms with Gasteiger partial charge in [0.25, 0.3) is 5.88 Å². The van der Waals surface area contributed by atoms with Crippen molar-refractivity contribution in [3.8, 4) is 17.3 Å². The van der Waals surface area contributed by atoms with E-state index in [1.807, 2.05) is 0 Å². The van der Waals surface area contributed by atoms with Gasteiger partial charge in [0, 0.05) is 18.7 Å². The molecule has 1 atom stereocenters. The number of carboxylic acid groups (broad SMARTS) is 1. The van der Waals surface area contributed by atoms with Crippen molar-refractivity contribution in [2.24, 2.45) is 5.73 Å². The lowest BCUT2D eigenvalue weighted by molar-refractivity contribution is -0.137. The zero-order valence-corrected chi connectivity index (χ0v) is 15.9. The maximum absolute atomic E-state index is 13.7. The maximum Gasteiger partial charge on any atom is 0.304 e. The Hall–Kier alpha value is -2.75. The zero-order valence-electron chi connectivity index (χ0n) is 14.3. The van der Waals surface area contributed by atoms with Crippen LogP contribution in [0.15, 0.2) is 42.7 Å². The van der Waals surface area contributed by atoms with E-state index in [-0.39, 0.29) is 29.7 Å². The Balaban J connectivity index is 0.00000280. The van der Waals surface area contributed by atoms with Gasteiger partial charge in [-0.1, -0.05) is 16.8 Å². The molecule has 0 saturated carbocycles. The van der Waals surface area contributed by atoms with Crippen LogP contribution >= 0.6 is 24.0 Å². The Kier molecular flexibility index (Phi) is 7.27. The molecule has 28 heavy (non-hydrogen) atoms. The molecular weight excluding hydrogens is 412 g/mol. The standard InChI is InChI=1S/C17H15ClFN5O3.ClH/c18-10-5-15(19)17(21-8-10)27-14-3-1-13(2-4-14)24-9-12(22-23-24)6-11(20)7-16(25)26;/h1-5,8-9,11H,6-7,20H2,(H,25,26);1H. The van der Waals surface area contributed by atoms with Crippen LogP contribution in [0.4, 0.5) is 4.39 Å². The Morgan fingerprint density at radius 1 is 1.36 bits per heavy atom. The molecule has 8 nitrogen and oxygen atoms in total. The quantitative estimate of drug-likeness (QED) is 0.594. The third kappa shape index (κ3) is 5.62. The molecule has 2 heterocycles. The van der Waals surface area contributed by atoms with Crippen LogP contribution in [0.5, 0.6) is 11.6 Å². The average Bonchev–Trinajstić information content (AvgIpc) is 3.05. The summed E-state index contributed by atoms with van der Waals surface area (Å²) in [7, 11) is 0. The topological polar surface area (TPSA) is 116 Å². The number of nitrogens with two attached hydrogens (primary N) is 1. The molecular formula is C17H16Cl2FN5O3. The normalized spacial score (nSPS) is 11.5. The number of halogens is 3. The second-order valence-electron chi connectivity index (χ2n) is 5.75. The van der Waals surface area contributed by atoms with Crippen LogP contribution in [0.3, 0.4) is 0 Å². The monoisotopic (exact) mass is 427 g/mol. The molecule has 0 fully saturated rings. The number of pyridine rings is 1. The van der Waals surface area contributed by atoms with Gasteiger partial charge >= 0.3 is 5.97 Å². The van der Waals surface area contributed by atoms with Crippen molar-refractivity contribution in [2.75, 3.05) is 0 Å². The van der Waals surface area contributed by atoms with E-state index in [0.29, 0.717) is 23.6 Å². The summed E-state index contributed by atoms with van der Waals surface area (Å²) in [5, 5.41) is 16.9. The van der Waals surface area contributed by atoms with Gasteiger partial charge < -0.3 is 15.6 Å². The first-order valence-electron chi connectivity index (χ1n) is 7.88. The van der Waals surface area contributed by atoms with Gasteiger partial charge in [0.2, 0.25) is 0 Å². The highest BCUT2D eigenvalue weighted by Gasteiger charge is 2.12. The zero-order chi connectivity index (χ0) is 19.4. The number of aliphatic carboxylic acids is 1. The van der Waals surface area contributed by atoms with Crippen LogP contribution in [-0.4, -0.2) is 37.1 Å². The lowest BCUT2D eigenvalue weighted by Gasteiger charge is -2.07. The minimum Gasteiger partial charge on any atom is -0.481 e. The predicted octanol–water partition coefficient (Wildman–Crippen LogP) is 3.01. The van der Waals surface area contributed by atoms with Gasteiger partial charge in [-0.3, -0.25) is 4.79 Å². The molecule has 0 aliphatic heterocycles. The molecule has 0 amide bonds. The van der Waals surface area contributed by atoms with Crippen LogP contribution in [-0.2, 0) is 11.2 Å². The van der Waals surface area contributed by atoms with Crippen LogP contribution in [0, 0.1) is 5.82 Å². The summed E-state index contributed by atoms with van der Waals surface area (Å²) in [6, 6.07) is 7.25. The fourth-order valence-electron chi connectivity index (χ4n) is 2.34. The van der Waals surface area contributed by atoms with Crippen molar-refractivity contribution in [3.63, 3.8) is 0 Å². The molecule has 0 saturated heterocycles. The van der Waals surface area contributed by atoms with Gasteiger partial charge in [-0.25, -0.2) is 14.1 Å². The van der Waals surface area contributed by atoms with Crippen molar-refractivity contribution < 1.29 is 19.0 Å². The van der Waals surface area contributed by atoms with E-state index in [2.05, 4.69) is 15.3 Å². The van der Waals surface area contributed by atoms with Crippen LogP contribution in [0.2, 0.25) is 5.02 Å². The van der Waals surface area contributed by atoms with Crippen molar-refractivity contribution in [2.45, 2.75) is 18.9 Å². The van der Waals surface area contributed by atoms with Crippen molar-refractivity contribution in [1.29, 1.82) is 0 Å². The number of aromatic nitrogens is 4. The first-order chi connectivity index (χ1) is 12.9. The largest absolute Gasteiger partial charge is 0.481 e. The Morgan fingerprint density at radius 3 is 2.71 bits per heavy atom. The molecule has 3 rings (SSSR count). The highest BCUT2D eigenvalue weighted by molar-refractivity contribution is 6.30. The van der Waals surface area contributed by atoms with Gasteiger partial charge in [0.1, 0.15) is 5.75 Å². The summed E-state index contributed by atoms with van der Waals surface area (Å²) in [6.45, 7) is 0. The highest BCUT2D eigenvalue weighted by atomic mass is 35.5. The highest BCUT2D eigenvalue weighted by Crippen LogP contribution is 2.24. The Morgan fingerprint density at radius 2 is 2.07 bits per heavy atom. The Labute approximate surface area is 170 Å². The summed E-state index contributed by atoms with van der Waals surface area (Å²) in [5.74, 6) is -1.42. The molecule has 3 aromatic rings. The van der Waals surface area contributed by atoms with Gasteiger partial charge in [-0.05, 0) is 30.3 Å². The molecule has 1 aromatic carbocycles. The molecule has 0 radical (unpaired) electrons. The van der Waals surface area contributed by atoms with Crippen molar-refractivity contribution in [1.82, 2.24) is 20.0 Å². The van der Waals surface area contributed by atoms with Gasteiger partial charge in [0.15, 0.2) is 5.82 Å². The van der Waals surface area contributed by atoms with Crippen LogP contribution < -0.4 is 10.5 Å². The molecule has 1 unspecified atom stereocenters. The smallest absolute Gasteiger partial charge is 0.304 e. The Bertz CT molecular complexity index is 952. The van der Waals surface area contributed by atoms with E-state index in [4.69, 9.17) is 27.2 Å². The van der Waals surface area contributed by atoms with E-state index in [1.165, 1.54) is 10.9 Å². The maximum atomic E-state index is 13.7. The molecule has 148 valence electrons. The van der Waals surface area contributed by atoms with Gasteiger partial charge in [-0.2, -0.15) is 0 Å². The fourth-order valence-corrected chi connectivity index (χ4v) is 2.48. The van der Waals surface area contributed by atoms with E-state index in [1.54, 1.807) is 30.5 Å². The number of ether oxygens (including phenoxy) is 1. The van der Waals surface area contributed by atoms with E-state index in [0.717, 1.165) is 6.07 Å². The summed E-state index contributed by atoms with van der Waals surface area (Å²) in [5.41, 5.74) is 7.02. The minimum atomic E-state index is -0.961. The molecule has 3 N–H and O–H groups in total. The number of hydrogen-bond acceptors (Lipinski definition) is 6. The number of hydrogen-bond donors (Lipinski definition) is 2. The second-order valence-corrected chi connectivity index (χ2v) is 6.19. The van der Waals surface area contributed by atoms with Crippen molar-refractivity contribution in [3.05, 3.63) is 59.3 Å². The second kappa shape index (κ2) is 9.45. The summed E-state index contributed by atoms with van der Waals surface area (Å²) in [6.07, 6.45) is 3.11. The molecule has 11 heteroatoms. The number of carboxylic acids is 1. The van der Waals surface area contributed by atoms with Gasteiger partial charge in [-0.15, -0.1) is 17.5 Å². The predicted molar refractivity (Wildman–Crippen MR) is 102 cm³/mol. The van der Waals surface area contributed by atoms with Crippen LogP contribution in [0.1, 0.15) is 12.1 Å². The van der Waals surface area contributed by atoms with Crippen molar-refractivity contribution >= 4 is 30.0 Å². The third-order valence-corrected chi connectivity index (χ3v) is 3.75. The lowest BCUT2D eigenvalue weighted by atomic mass is 10.1. The van der Waals surface area contributed by atoms with E-state index < -0.39 is 17.8 Å². The summed E-state index contributed by atoms with van der Waals surface area (Å²) in [4.78, 5) is 14.5. The molecule has 0 aliphatic carbocycles. The molecule has 0 spiro atoms. The van der Waals surface area contributed by atoms with E-state index in [9.17, 15) is 9.18 Å². The molecule has 0 aliphatic rings. The number of benzene rings is 1. The summed E-state index contributed by atoms with van der Waals surface area (Å²) >= 11 is 5.66. The molecule has 2 aromatic heterocycles. The molecule has 0 bridgehead atoms. The first kappa shape index (κ1) is 21.5. The average molecular weight is 428 g/mol. The number of nitrogens with zero attached hydrogens (tertiary/aromatic N) is 4. The fraction of sp³-hybridized carbons (Fsp3) is 0.176. The minimum absolute atomic E-state index is 0. The third-order valence-electron chi connectivity index (χ3n) is 3.54. The van der Waals surface area contributed by atoms with Gasteiger partial charge in [0.05, 0.1) is 29.0 Å². The van der Waals surface area contributed by atoms with Crippen LogP contribution in [0.25, 0.3) is 5.69 Å².